The van der Waals surface area contributed by atoms with Gasteiger partial charge in [-0.15, -0.1) is 0 Å². The van der Waals surface area contributed by atoms with E-state index in [1.54, 1.807) is 4.74 Å². The average Bonchev–Trinajstić information content (AvgIpc) is 2.33. The molecular formula is C8ClF14O4-. The normalized spacial score (nSPS) is 19.4. The molecule has 0 amide bonds. The van der Waals surface area contributed by atoms with E-state index in [2.05, 4.69) is 11.6 Å². The second-order valence-corrected chi connectivity index (χ2v) is 4.73. The summed E-state index contributed by atoms with van der Waals surface area (Å²) in [6, 6.07) is 0. The Balaban J connectivity index is 6.33. The Morgan fingerprint density at radius 2 is 1.04 bits per heavy atom. The van der Waals surface area contributed by atoms with E-state index in [9.17, 15) is 71.4 Å². The van der Waals surface area contributed by atoms with E-state index in [1.165, 1.54) is 4.74 Å². The minimum atomic E-state index is -7.67. The maximum absolute atomic E-state index is 13.4. The smallest absolute Gasteiger partial charge is 0.458 e. The van der Waals surface area contributed by atoms with Crippen molar-refractivity contribution >= 4 is 17.6 Å². The first-order chi connectivity index (χ1) is 11.4. The Kier molecular flexibility index (Phi) is 6.32. The van der Waals surface area contributed by atoms with Crippen molar-refractivity contribution in [1.82, 2.24) is 0 Å². The van der Waals surface area contributed by atoms with Gasteiger partial charge < -0.3 is 9.90 Å². The van der Waals surface area contributed by atoms with E-state index in [1.807, 2.05) is 0 Å². The summed E-state index contributed by atoms with van der Waals surface area (Å²) in [4.78, 5) is 9.71. The Hall–Kier alpha value is -1.30. The topological polar surface area (TPSA) is 58.6 Å². The van der Waals surface area contributed by atoms with E-state index < -0.39 is 47.6 Å². The van der Waals surface area contributed by atoms with Gasteiger partial charge >= 0.3 is 41.7 Å². The zero-order valence-electron chi connectivity index (χ0n) is 11.3. The predicted molar refractivity (Wildman–Crippen MR) is 47.7 cm³/mol. The van der Waals surface area contributed by atoms with Crippen LogP contribution in [0.2, 0.25) is 0 Å². The maximum Gasteiger partial charge on any atom is 0.458 e. The molecule has 0 aromatic carbocycles. The monoisotopic (exact) mass is 461 g/mol. The van der Waals surface area contributed by atoms with E-state index >= 15 is 0 Å². The number of hydrogen-bond acceptors (Lipinski definition) is 4. The number of ether oxygens (including phenoxy) is 2. The second kappa shape index (κ2) is 6.64. The molecule has 0 radical (unpaired) electrons. The number of hydrogen-bond donors (Lipinski definition) is 0. The third kappa shape index (κ3) is 4.58. The van der Waals surface area contributed by atoms with Gasteiger partial charge in [-0.2, -0.15) is 57.1 Å². The van der Waals surface area contributed by atoms with Crippen LogP contribution in [-0.4, -0.2) is 47.6 Å². The summed E-state index contributed by atoms with van der Waals surface area (Å²) >= 11 is 3.56. The quantitative estimate of drug-likeness (QED) is 0.432. The first-order valence-electron chi connectivity index (χ1n) is 5.31. The van der Waals surface area contributed by atoms with Gasteiger partial charge in [-0.05, 0) is 0 Å². The number of halogens is 15. The Labute approximate surface area is 141 Å². The van der Waals surface area contributed by atoms with Crippen molar-refractivity contribution < 1.29 is 80.8 Å². The molecule has 0 saturated carbocycles. The molecule has 0 aliphatic rings. The molecule has 19 heteroatoms. The maximum atomic E-state index is 13.4. The molecule has 0 aliphatic heterocycles. The van der Waals surface area contributed by atoms with Gasteiger partial charge in [0, 0.05) is 0 Å². The summed E-state index contributed by atoms with van der Waals surface area (Å²) in [7, 11) is 0. The van der Waals surface area contributed by atoms with Gasteiger partial charge in [0.1, 0.15) is 5.97 Å². The molecule has 0 aromatic heterocycles. The first-order valence-corrected chi connectivity index (χ1v) is 5.69. The highest BCUT2D eigenvalue weighted by Gasteiger charge is 2.83. The Morgan fingerprint density at radius 3 is 1.30 bits per heavy atom. The standard InChI is InChI=1S/C8HClF14O4/c9-3(12,5(14,15)16)7(20,21)27-4(13,6(17,18)19)8(22,23)26-2(10,11)1(24)25/h(H,24,25)/p-1. The average molecular weight is 462 g/mol. The summed E-state index contributed by atoms with van der Waals surface area (Å²) in [5.74, 6) is -11.7. The van der Waals surface area contributed by atoms with Crippen molar-refractivity contribution in [3.63, 3.8) is 0 Å². The lowest BCUT2D eigenvalue weighted by atomic mass is 10.2. The molecular weight excluding hydrogens is 462 g/mol. The Morgan fingerprint density at radius 1 is 0.667 bits per heavy atom. The van der Waals surface area contributed by atoms with Gasteiger partial charge in [-0.1, -0.05) is 11.6 Å². The van der Waals surface area contributed by atoms with Crippen LogP contribution in [0.1, 0.15) is 0 Å². The van der Waals surface area contributed by atoms with Crippen molar-refractivity contribution in [2.75, 3.05) is 0 Å². The first kappa shape index (κ1) is 25.7. The molecule has 0 spiro atoms. The van der Waals surface area contributed by atoms with Crippen LogP contribution < -0.4 is 5.11 Å². The third-order valence-corrected chi connectivity index (χ3v) is 2.66. The highest BCUT2D eigenvalue weighted by molar-refractivity contribution is 6.24. The number of carbonyl (C=O) groups excluding carboxylic acids is 1. The van der Waals surface area contributed by atoms with Gasteiger partial charge in [0.2, 0.25) is 0 Å². The van der Waals surface area contributed by atoms with Gasteiger partial charge in [-0.3, -0.25) is 4.74 Å². The molecule has 0 aliphatic carbocycles. The van der Waals surface area contributed by atoms with Gasteiger partial charge in [0.05, 0.1) is 0 Å². The molecule has 0 bridgehead atoms. The summed E-state index contributed by atoms with van der Waals surface area (Å²) in [5, 5.41) is 2.93. The van der Waals surface area contributed by atoms with Crippen LogP contribution in [-0.2, 0) is 14.3 Å². The number of carboxylic acid groups (broad SMARTS) is 1. The SMILES string of the molecule is O=C([O-])C(F)(F)OC(F)(F)C(F)(OC(F)(F)C(F)(Cl)C(F)(F)F)C(F)(F)F. The minimum absolute atomic E-state index is 1.50. The van der Waals surface area contributed by atoms with Gasteiger partial charge in [0.25, 0.3) is 0 Å². The van der Waals surface area contributed by atoms with Crippen molar-refractivity contribution in [3.8, 4) is 0 Å². The van der Waals surface area contributed by atoms with Crippen LogP contribution in [0.5, 0.6) is 0 Å². The predicted octanol–water partition coefficient (Wildman–Crippen LogP) is 3.24. The van der Waals surface area contributed by atoms with Crippen LogP contribution in [0.3, 0.4) is 0 Å². The highest BCUT2D eigenvalue weighted by atomic mass is 35.5. The van der Waals surface area contributed by atoms with Crippen LogP contribution in [0.15, 0.2) is 0 Å². The van der Waals surface area contributed by atoms with Crippen molar-refractivity contribution in [3.05, 3.63) is 0 Å². The molecule has 0 fully saturated rings. The molecule has 0 N–H and O–H groups in total. The molecule has 27 heavy (non-hydrogen) atoms. The van der Waals surface area contributed by atoms with Crippen molar-refractivity contribution in [1.29, 1.82) is 0 Å². The zero-order chi connectivity index (χ0) is 22.5. The number of rotatable bonds is 7. The summed E-state index contributed by atoms with van der Waals surface area (Å²) in [6.45, 7) is 0. The molecule has 0 rings (SSSR count). The van der Waals surface area contributed by atoms with Crippen molar-refractivity contribution in [2.24, 2.45) is 0 Å². The summed E-state index contributed by atoms with van der Waals surface area (Å²) in [5.41, 5.74) is 0. The molecule has 2 atom stereocenters. The summed E-state index contributed by atoms with van der Waals surface area (Å²) in [6.07, 6.45) is -36.1. The molecule has 2 unspecified atom stereocenters. The number of carboxylic acids is 1. The van der Waals surface area contributed by atoms with E-state index in [0.717, 1.165) is 0 Å². The second-order valence-electron chi connectivity index (χ2n) is 4.21. The largest absolute Gasteiger partial charge is 0.542 e. The van der Waals surface area contributed by atoms with Crippen LogP contribution in [0.25, 0.3) is 0 Å². The van der Waals surface area contributed by atoms with Crippen LogP contribution in [0, 0.1) is 0 Å². The van der Waals surface area contributed by atoms with E-state index in [-0.39, 0.29) is 0 Å². The van der Waals surface area contributed by atoms with Crippen molar-refractivity contribution in [2.45, 2.75) is 41.7 Å². The van der Waals surface area contributed by atoms with E-state index in [4.69, 9.17) is 0 Å². The lowest BCUT2D eigenvalue weighted by molar-refractivity contribution is -0.536. The highest BCUT2D eigenvalue weighted by Crippen LogP contribution is 2.56. The molecule has 0 heterocycles. The van der Waals surface area contributed by atoms with Gasteiger partial charge in [0.15, 0.2) is 0 Å². The zero-order valence-corrected chi connectivity index (χ0v) is 12.1. The third-order valence-electron chi connectivity index (χ3n) is 2.22. The van der Waals surface area contributed by atoms with Crippen LogP contribution in [0.4, 0.5) is 61.5 Å². The fourth-order valence-electron chi connectivity index (χ4n) is 0.956. The fourth-order valence-corrected chi connectivity index (χ4v) is 0.995. The molecule has 0 aromatic rings. The fraction of sp³-hybridized carbons (Fsp3) is 0.875. The molecule has 0 saturated heterocycles. The molecule has 162 valence electrons. The van der Waals surface area contributed by atoms with Crippen LogP contribution >= 0.6 is 11.6 Å². The van der Waals surface area contributed by atoms with Gasteiger partial charge in [-0.25, -0.2) is 9.13 Å². The number of alkyl halides is 15. The minimum Gasteiger partial charge on any atom is -0.542 e. The van der Waals surface area contributed by atoms with E-state index in [0.29, 0.717) is 0 Å². The lowest BCUT2D eigenvalue weighted by Gasteiger charge is -2.39. The lowest BCUT2D eigenvalue weighted by Crippen LogP contribution is -2.66. The Bertz CT molecular complexity index is 568. The molecule has 4 nitrogen and oxygen atoms in total. The number of carbonyl (C=O) groups is 1. The number of aliphatic carboxylic acids is 1. The summed E-state index contributed by atoms with van der Waals surface area (Å²) < 4.78 is 179.